The van der Waals surface area contributed by atoms with Crippen molar-refractivity contribution in [1.29, 1.82) is 0 Å². The van der Waals surface area contributed by atoms with Gasteiger partial charge in [-0.2, -0.15) is 0 Å². The largest absolute Gasteiger partial charge is 0.507 e. The first-order chi connectivity index (χ1) is 18.6. The van der Waals surface area contributed by atoms with Crippen molar-refractivity contribution in [1.82, 2.24) is 9.88 Å². The number of aryl methyl sites for hydroxylation is 2. The van der Waals surface area contributed by atoms with E-state index in [1.54, 1.807) is 22.3 Å². The van der Waals surface area contributed by atoms with Gasteiger partial charge in [0.05, 0.1) is 15.6 Å². The zero-order valence-corrected chi connectivity index (χ0v) is 25.5. The third kappa shape index (κ3) is 6.14. The molecule has 9 heteroatoms. The van der Waals surface area contributed by atoms with Crippen molar-refractivity contribution in [3.05, 3.63) is 67.0 Å². The summed E-state index contributed by atoms with van der Waals surface area (Å²) >= 11 is 1.63. The number of piperidine rings is 1. The van der Waals surface area contributed by atoms with Crippen molar-refractivity contribution in [3.63, 3.8) is 0 Å². The quantitative estimate of drug-likeness (QED) is 0.246. The molecule has 2 amide bonds. The molecule has 0 radical (unpaired) electrons. The number of aromatic hydroxyl groups is 1. The van der Waals surface area contributed by atoms with Gasteiger partial charge >= 0.3 is 6.03 Å². The Labute approximate surface area is 240 Å². The Hall–Kier alpha value is -3.46. The first-order valence-electron chi connectivity index (χ1n) is 13.7. The fourth-order valence-electron chi connectivity index (χ4n) is 5.11. The van der Waals surface area contributed by atoms with E-state index in [1.165, 1.54) is 6.07 Å². The predicted molar refractivity (Wildman–Crippen MR) is 162 cm³/mol. The van der Waals surface area contributed by atoms with Crippen LogP contribution in [0.3, 0.4) is 0 Å². The second-order valence-corrected chi connectivity index (χ2v) is 13.8. The van der Waals surface area contributed by atoms with Crippen LogP contribution >= 0.6 is 11.3 Å². The molecule has 2 heterocycles. The molecule has 2 aromatic carbocycles. The van der Waals surface area contributed by atoms with E-state index in [9.17, 15) is 20.0 Å². The molecule has 3 aromatic rings. The zero-order valence-electron chi connectivity index (χ0n) is 24.7. The van der Waals surface area contributed by atoms with E-state index in [0.29, 0.717) is 18.8 Å². The van der Waals surface area contributed by atoms with Gasteiger partial charge in [-0.05, 0) is 66.8 Å². The number of hydrogen-bond acceptors (Lipinski definition) is 6. The van der Waals surface area contributed by atoms with Crippen LogP contribution in [0, 0.1) is 24.0 Å². The highest BCUT2D eigenvalue weighted by Crippen LogP contribution is 2.43. The minimum Gasteiger partial charge on any atom is -0.507 e. The second-order valence-electron chi connectivity index (χ2n) is 12.9. The number of likely N-dealkylation sites (tertiary alicyclic amines) is 1. The molecular weight excluding hydrogens is 524 g/mol. The van der Waals surface area contributed by atoms with Crippen LogP contribution in [0.5, 0.6) is 5.75 Å². The van der Waals surface area contributed by atoms with Gasteiger partial charge in [-0.25, -0.2) is 9.78 Å². The summed E-state index contributed by atoms with van der Waals surface area (Å²) in [7, 11) is 0. The number of nitrogens with one attached hydrogen (secondary N) is 1. The normalized spacial score (nSPS) is 14.8. The predicted octanol–water partition coefficient (Wildman–Crippen LogP) is 8.05. The van der Waals surface area contributed by atoms with Crippen LogP contribution in [0.2, 0.25) is 0 Å². The molecule has 0 saturated carbocycles. The van der Waals surface area contributed by atoms with Crippen LogP contribution in [0.1, 0.15) is 87.6 Å². The average Bonchev–Trinajstić information content (AvgIpc) is 3.35. The lowest BCUT2D eigenvalue weighted by molar-refractivity contribution is -0.384. The van der Waals surface area contributed by atoms with Crippen molar-refractivity contribution in [2.45, 2.75) is 85.0 Å². The molecule has 1 aliphatic heterocycles. The number of carbonyl (C=O) groups is 1. The maximum absolute atomic E-state index is 13.0. The van der Waals surface area contributed by atoms with Crippen LogP contribution in [0.4, 0.5) is 16.2 Å². The standard InChI is InChI=1S/C31H40N4O4S/c1-18-13-24(26(35(38)39)14-19(18)2)33-29(37)34-11-9-20(10-12-34)28-32-25(17-40-28)21-15-22(30(3,4)5)27(36)23(16-21)31(6,7)8/h13-17,20,36H,9-12H2,1-8H3,(H,33,37). The molecule has 1 aromatic heterocycles. The number of aromatic nitrogens is 1. The summed E-state index contributed by atoms with van der Waals surface area (Å²) in [5.41, 5.74) is 5.11. The summed E-state index contributed by atoms with van der Waals surface area (Å²) < 4.78 is 0. The first kappa shape index (κ1) is 29.5. The van der Waals surface area contributed by atoms with Gasteiger partial charge in [-0.1, -0.05) is 41.5 Å². The molecule has 0 atom stereocenters. The van der Waals surface area contributed by atoms with Gasteiger partial charge < -0.3 is 15.3 Å². The number of carbonyl (C=O) groups excluding carboxylic acids is 1. The lowest BCUT2D eigenvalue weighted by Gasteiger charge is -2.31. The molecule has 1 saturated heterocycles. The van der Waals surface area contributed by atoms with Crippen molar-refractivity contribution in [2.24, 2.45) is 0 Å². The summed E-state index contributed by atoms with van der Waals surface area (Å²) in [6.45, 7) is 17.4. The lowest BCUT2D eigenvalue weighted by Crippen LogP contribution is -2.40. The number of nitro benzene ring substituents is 1. The van der Waals surface area contributed by atoms with E-state index in [-0.39, 0.29) is 34.2 Å². The lowest BCUT2D eigenvalue weighted by atomic mass is 9.78. The fraction of sp³-hybridized carbons (Fsp3) is 0.484. The first-order valence-corrected chi connectivity index (χ1v) is 14.6. The molecular formula is C31H40N4O4S. The Morgan fingerprint density at radius 1 is 1.02 bits per heavy atom. The zero-order chi connectivity index (χ0) is 29.6. The molecule has 214 valence electrons. The average molecular weight is 565 g/mol. The van der Waals surface area contributed by atoms with Gasteiger partial charge in [0, 0.05) is 47.1 Å². The van der Waals surface area contributed by atoms with Gasteiger partial charge in [0.15, 0.2) is 0 Å². The number of phenols is 1. The molecule has 0 aliphatic carbocycles. The fourth-order valence-corrected chi connectivity index (χ4v) is 6.11. The van der Waals surface area contributed by atoms with E-state index in [4.69, 9.17) is 4.98 Å². The molecule has 0 unspecified atom stereocenters. The molecule has 4 rings (SSSR count). The Morgan fingerprint density at radius 3 is 2.10 bits per heavy atom. The molecule has 8 nitrogen and oxygen atoms in total. The summed E-state index contributed by atoms with van der Waals surface area (Å²) in [6, 6.07) is 6.96. The van der Waals surface area contributed by atoms with E-state index in [1.807, 2.05) is 13.8 Å². The number of nitrogens with zero attached hydrogens (tertiary/aromatic N) is 3. The SMILES string of the molecule is Cc1cc(NC(=O)N2CCC(c3nc(-c4cc(C(C)(C)C)c(O)c(C(C)(C)C)c4)cs3)CC2)c([N+](=O)[O-])cc1C. The maximum atomic E-state index is 13.0. The van der Waals surface area contributed by atoms with Crippen LogP contribution in [0.25, 0.3) is 11.3 Å². The smallest absolute Gasteiger partial charge is 0.322 e. The minimum absolute atomic E-state index is 0.0971. The van der Waals surface area contributed by atoms with E-state index < -0.39 is 4.92 Å². The van der Waals surface area contributed by atoms with Gasteiger partial charge in [0.25, 0.3) is 5.69 Å². The number of thiazole rings is 1. The van der Waals surface area contributed by atoms with Gasteiger partial charge in [0.1, 0.15) is 11.4 Å². The van der Waals surface area contributed by atoms with Crippen LogP contribution in [0.15, 0.2) is 29.6 Å². The van der Waals surface area contributed by atoms with Crippen LogP contribution in [-0.4, -0.2) is 39.0 Å². The van der Waals surface area contributed by atoms with E-state index in [2.05, 4.69) is 64.4 Å². The van der Waals surface area contributed by atoms with Crippen LogP contribution in [-0.2, 0) is 10.8 Å². The number of anilines is 1. The Bertz CT molecular complexity index is 1410. The van der Waals surface area contributed by atoms with Gasteiger partial charge in [0.2, 0.25) is 0 Å². The number of nitro groups is 1. The number of amides is 2. The number of rotatable bonds is 4. The Morgan fingerprint density at radius 2 is 1.57 bits per heavy atom. The number of phenolic OH excluding ortho intramolecular Hbond substituents is 1. The molecule has 1 fully saturated rings. The minimum atomic E-state index is -0.461. The molecule has 1 aliphatic rings. The maximum Gasteiger partial charge on any atom is 0.322 e. The van der Waals surface area contributed by atoms with Crippen molar-refractivity contribution in [3.8, 4) is 17.0 Å². The molecule has 0 spiro atoms. The van der Waals surface area contributed by atoms with Crippen molar-refractivity contribution < 1.29 is 14.8 Å². The third-order valence-electron chi connectivity index (χ3n) is 7.73. The summed E-state index contributed by atoms with van der Waals surface area (Å²) in [5.74, 6) is 0.594. The highest BCUT2D eigenvalue weighted by atomic mass is 32.1. The third-order valence-corrected chi connectivity index (χ3v) is 8.73. The number of hydrogen-bond donors (Lipinski definition) is 2. The Balaban J connectivity index is 1.49. The summed E-state index contributed by atoms with van der Waals surface area (Å²) in [5, 5.41) is 28.5. The summed E-state index contributed by atoms with van der Waals surface area (Å²) in [6.07, 6.45) is 1.54. The van der Waals surface area contributed by atoms with Crippen molar-refractivity contribution >= 4 is 28.7 Å². The summed E-state index contributed by atoms with van der Waals surface area (Å²) in [4.78, 5) is 30.8. The highest BCUT2D eigenvalue weighted by Gasteiger charge is 2.29. The Kier molecular flexibility index (Phi) is 8.00. The van der Waals surface area contributed by atoms with E-state index in [0.717, 1.165) is 51.4 Å². The van der Waals surface area contributed by atoms with Gasteiger partial charge in [-0.3, -0.25) is 10.1 Å². The molecule has 2 N–H and O–H groups in total. The second kappa shape index (κ2) is 10.8. The highest BCUT2D eigenvalue weighted by molar-refractivity contribution is 7.10. The molecule has 0 bridgehead atoms. The number of benzene rings is 2. The van der Waals surface area contributed by atoms with Gasteiger partial charge in [-0.15, -0.1) is 11.3 Å². The molecule has 40 heavy (non-hydrogen) atoms. The van der Waals surface area contributed by atoms with Crippen LogP contribution < -0.4 is 5.32 Å². The monoisotopic (exact) mass is 564 g/mol. The topological polar surface area (TPSA) is 109 Å². The van der Waals surface area contributed by atoms with E-state index >= 15 is 0 Å². The van der Waals surface area contributed by atoms with Crippen molar-refractivity contribution in [2.75, 3.05) is 18.4 Å². The number of urea groups is 1.